The van der Waals surface area contributed by atoms with Crippen LogP contribution in [0.25, 0.3) is 0 Å². The van der Waals surface area contributed by atoms with Crippen LogP contribution in [-0.2, 0) is 0 Å². The van der Waals surface area contributed by atoms with Crippen LogP contribution in [0.4, 0.5) is 0 Å². The predicted octanol–water partition coefficient (Wildman–Crippen LogP) is 3.06. The lowest BCUT2D eigenvalue weighted by Gasteiger charge is -2.30. The fraction of sp³-hybridized carbons (Fsp3) is 1.00. The van der Waals surface area contributed by atoms with E-state index in [1.807, 2.05) is 0 Å². The van der Waals surface area contributed by atoms with E-state index in [2.05, 4.69) is 45.3 Å². The Kier molecular flexibility index (Phi) is 5.10. The maximum absolute atomic E-state index is 2.53. The summed E-state index contributed by atoms with van der Waals surface area (Å²) < 4.78 is 0. The Hall–Kier alpha value is 0.177. The van der Waals surface area contributed by atoms with Gasteiger partial charge < -0.3 is 4.90 Å². The van der Waals surface area contributed by atoms with E-state index in [1.165, 1.54) is 19.6 Å². The second-order valence-electron chi connectivity index (χ2n) is 4.75. The van der Waals surface area contributed by atoms with E-state index in [4.69, 9.17) is 0 Å². The molecule has 1 atom stereocenters. The second kappa shape index (κ2) is 5.03. The van der Waals surface area contributed by atoms with Gasteiger partial charge in [-0.25, -0.2) is 0 Å². The SMILES string of the molecule is CCN(CC)CC(C)[Si](C)(C)C. The minimum absolute atomic E-state index is 0.898. The summed E-state index contributed by atoms with van der Waals surface area (Å²) in [4.78, 5) is 2.53. The minimum atomic E-state index is -0.898. The molecule has 0 saturated heterocycles. The van der Waals surface area contributed by atoms with Crippen molar-refractivity contribution in [3.63, 3.8) is 0 Å². The zero-order valence-electron chi connectivity index (χ0n) is 9.65. The van der Waals surface area contributed by atoms with Crippen molar-refractivity contribution in [3.8, 4) is 0 Å². The van der Waals surface area contributed by atoms with Gasteiger partial charge in [0.1, 0.15) is 0 Å². The van der Waals surface area contributed by atoms with Crippen molar-refractivity contribution in [2.24, 2.45) is 0 Å². The fourth-order valence-electron chi connectivity index (χ4n) is 1.14. The zero-order valence-corrected chi connectivity index (χ0v) is 10.6. The molecule has 0 aromatic heterocycles. The Morgan fingerprint density at radius 3 is 1.75 bits per heavy atom. The lowest BCUT2D eigenvalue weighted by molar-refractivity contribution is 0.302. The molecular formula is C10H25NSi. The van der Waals surface area contributed by atoms with Crippen LogP contribution >= 0.6 is 0 Å². The quantitative estimate of drug-likeness (QED) is 0.598. The van der Waals surface area contributed by atoms with E-state index in [0.717, 1.165) is 5.54 Å². The predicted molar refractivity (Wildman–Crippen MR) is 60.6 cm³/mol. The van der Waals surface area contributed by atoms with Gasteiger partial charge in [0.15, 0.2) is 0 Å². The van der Waals surface area contributed by atoms with Gasteiger partial charge >= 0.3 is 0 Å². The van der Waals surface area contributed by atoms with Crippen molar-refractivity contribution >= 4 is 8.07 Å². The van der Waals surface area contributed by atoms with E-state index < -0.39 is 8.07 Å². The largest absolute Gasteiger partial charge is 0.304 e. The van der Waals surface area contributed by atoms with Gasteiger partial charge in [-0.3, -0.25) is 0 Å². The summed E-state index contributed by atoms with van der Waals surface area (Å²) >= 11 is 0. The number of hydrogen-bond acceptors (Lipinski definition) is 1. The van der Waals surface area contributed by atoms with Crippen molar-refractivity contribution in [1.82, 2.24) is 4.90 Å². The molecule has 0 aromatic carbocycles. The molecule has 0 aliphatic rings. The van der Waals surface area contributed by atoms with Gasteiger partial charge in [-0.15, -0.1) is 0 Å². The normalized spacial score (nSPS) is 15.2. The highest BCUT2D eigenvalue weighted by atomic mass is 28.3. The van der Waals surface area contributed by atoms with E-state index in [9.17, 15) is 0 Å². The standard InChI is InChI=1S/C10H25NSi/c1-7-11(8-2)9-10(3)12(4,5)6/h10H,7-9H2,1-6H3. The highest BCUT2D eigenvalue weighted by Crippen LogP contribution is 2.21. The molecule has 0 bridgehead atoms. The molecular weight excluding hydrogens is 162 g/mol. The Morgan fingerprint density at radius 1 is 1.08 bits per heavy atom. The van der Waals surface area contributed by atoms with Crippen molar-refractivity contribution in [3.05, 3.63) is 0 Å². The van der Waals surface area contributed by atoms with E-state index >= 15 is 0 Å². The summed E-state index contributed by atoms with van der Waals surface area (Å²) in [6.45, 7) is 18.0. The van der Waals surface area contributed by atoms with Gasteiger partial charge in [-0.05, 0) is 25.2 Å². The molecule has 0 aromatic rings. The average Bonchev–Trinajstić information content (AvgIpc) is 1.97. The summed E-state index contributed by atoms with van der Waals surface area (Å²) in [7, 11) is -0.898. The maximum atomic E-state index is 2.53. The van der Waals surface area contributed by atoms with Crippen LogP contribution in [0.2, 0.25) is 25.2 Å². The summed E-state index contributed by atoms with van der Waals surface area (Å²) in [5.74, 6) is 0. The van der Waals surface area contributed by atoms with Gasteiger partial charge in [-0.1, -0.05) is 40.4 Å². The first kappa shape index (κ1) is 12.2. The zero-order chi connectivity index (χ0) is 9.78. The molecule has 0 fully saturated rings. The highest BCUT2D eigenvalue weighted by molar-refractivity contribution is 6.77. The molecule has 0 heterocycles. The van der Waals surface area contributed by atoms with Gasteiger partial charge in [0, 0.05) is 8.07 Å². The van der Waals surface area contributed by atoms with E-state index in [1.54, 1.807) is 0 Å². The first-order valence-electron chi connectivity index (χ1n) is 5.14. The van der Waals surface area contributed by atoms with Gasteiger partial charge in [0.05, 0.1) is 0 Å². The molecule has 12 heavy (non-hydrogen) atoms. The lowest BCUT2D eigenvalue weighted by Crippen LogP contribution is -2.36. The first-order chi connectivity index (χ1) is 5.41. The molecule has 74 valence electrons. The third-order valence-electron chi connectivity index (χ3n) is 2.90. The van der Waals surface area contributed by atoms with Crippen LogP contribution in [0.5, 0.6) is 0 Å². The third kappa shape index (κ3) is 4.26. The number of hydrogen-bond donors (Lipinski definition) is 0. The molecule has 0 radical (unpaired) electrons. The molecule has 0 saturated carbocycles. The second-order valence-corrected chi connectivity index (χ2v) is 10.5. The molecule has 0 rings (SSSR count). The van der Waals surface area contributed by atoms with Crippen LogP contribution in [0, 0.1) is 0 Å². The highest BCUT2D eigenvalue weighted by Gasteiger charge is 2.23. The van der Waals surface area contributed by atoms with Crippen molar-refractivity contribution in [2.45, 2.75) is 46.0 Å². The molecule has 2 heteroatoms. The number of nitrogens with zero attached hydrogens (tertiary/aromatic N) is 1. The third-order valence-corrected chi connectivity index (χ3v) is 6.04. The van der Waals surface area contributed by atoms with E-state index in [-0.39, 0.29) is 0 Å². The van der Waals surface area contributed by atoms with Crippen LogP contribution < -0.4 is 0 Å². The smallest absolute Gasteiger partial charge is 0.0484 e. The van der Waals surface area contributed by atoms with Crippen molar-refractivity contribution in [1.29, 1.82) is 0 Å². The minimum Gasteiger partial charge on any atom is -0.304 e. The van der Waals surface area contributed by atoms with Gasteiger partial charge in [0.25, 0.3) is 0 Å². The summed E-state index contributed by atoms with van der Waals surface area (Å²) in [6, 6.07) is 0. The van der Waals surface area contributed by atoms with Gasteiger partial charge in [0.2, 0.25) is 0 Å². The van der Waals surface area contributed by atoms with Gasteiger partial charge in [-0.2, -0.15) is 0 Å². The Morgan fingerprint density at radius 2 is 1.50 bits per heavy atom. The fourth-order valence-corrected chi connectivity index (χ4v) is 1.95. The topological polar surface area (TPSA) is 3.24 Å². The summed E-state index contributed by atoms with van der Waals surface area (Å²) in [5, 5.41) is 0. The van der Waals surface area contributed by atoms with E-state index in [0.29, 0.717) is 0 Å². The molecule has 1 nitrogen and oxygen atoms in total. The van der Waals surface area contributed by atoms with Crippen LogP contribution in [0.15, 0.2) is 0 Å². The van der Waals surface area contributed by atoms with Crippen molar-refractivity contribution in [2.75, 3.05) is 19.6 Å². The first-order valence-corrected chi connectivity index (χ1v) is 8.71. The van der Waals surface area contributed by atoms with Crippen LogP contribution in [0.1, 0.15) is 20.8 Å². The summed E-state index contributed by atoms with van der Waals surface area (Å²) in [6.07, 6.45) is 0. The Balaban J connectivity index is 3.90. The van der Waals surface area contributed by atoms with Crippen molar-refractivity contribution < 1.29 is 0 Å². The molecule has 0 N–H and O–H groups in total. The van der Waals surface area contributed by atoms with Crippen LogP contribution in [0.3, 0.4) is 0 Å². The molecule has 0 aliphatic carbocycles. The monoisotopic (exact) mass is 187 g/mol. The molecule has 0 spiro atoms. The van der Waals surface area contributed by atoms with Crippen LogP contribution in [-0.4, -0.2) is 32.6 Å². The lowest BCUT2D eigenvalue weighted by atomic mass is 10.4. The Labute approximate surface area is 79.2 Å². The number of rotatable bonds is 5. The Bertz CT molecular complexity index is 113. The molecule has 0 aliphatic heterocycles. The maximum Gasteiger partial charge on any atom is 0.0484 e. The molecule has 1 unspecified atom stereocenters. The average molecular weight is 187 g/mol. The summed E-state index contributed by atoms with van der Waals surface area (Å²) in [5.41, 5.74) is 0.914. The molecule has 0 amide bonds.